The molecule has 3 aromatic rings. The van der Waals surface area contributed by atoms with Crippen molar-refractivity contribution in [3.8, 4) is 11.5 Å². The van der Waals surface area contributed by atoms with Gasteiger partial charge < -0.3 is 14.2 Å². The Morgan fingerprint density at radius 3 is 2.32 bits per heavy atom. The maximum atomic E-state index is 14.7. The van der Waals surface area contributed by atoms with Crippen molar-refractivity contribution in [3.05, 3.63) is 94.5 Å². The van der Waals surface area contributed by atoms with Gasteiger partial charge in [0.1, 0.15) is 17.1 Å². The van der Waals surface area contributed by atoms with E-state index in [1.807, 2.05) is 74.5 Å². The number of carbonyl (C=O) groups is 2. The van der Waals surface area contributed by atoms with Crippen molar-refractivity contribution in [2.45, 2.75) is 37.2 Å². The van der Waals surface area contributed by atoms with Crippen LogP contribution in [0.15, 0.2) is 66.7 Å². The SMILES string of the molecule is CC[C@@]12C(=O)c3cc(OC)cc(OC)c3[C@]1(c1ccccc1)[C@@H]1C(=O)O[C@@]2(C)c2ccccc21. The zero-order valence-corrected chi connectivity index (χ0v) is 19.7. The summed E-state index contributed by atoms with van der Waals surface area (Å²) >= 11 is 0. The smallest absolute Gasteiger partial charge is 0.315 e. The molecule has 4 atom stereocenters. The summed E-state index contributed by atoms with van der Waals surface area (Å²) in [4.78, 5) is 28.6. The van der Waals surface area contributed by atoms with Crippen LogP contribution in [0.3, 0.4) is 0 Å². The van der Waals surface area contributed by atoms with Crippen LogP contribution in [-0.2, 0) is 20.5 Å². The van der Waals surface area contributed by atoms with Gasteiger partial charge in [0, 0.05) is 22.8 Å². The first-order valence-electron chi connectivity index (χ1n) is 11.6. The third kappa shape index (κ3) is 1.99. The Morgan fingerprint density at radius 1 is 0.941 bits per heavy atom. The van der Waals surface area contributed by atoms with Gasteiger partial charge in [-0.3, -0.25) is 9.59 Å². The number of ether oxygens (including phenoxy) is 3. The van der Waals surface area contributed by atoms with Crippen LogP contribution in [0, 0.1) is 5.41 Å². The van der Waals surface area contributed by atoms with Crippen molar-refractivity contribution in [2.24, 2.45) is 5.41 Å². The normalized spacial score (nSPS) is 30.3. The van der Waals surface area contributed by atoms with Crippen LogP contribution in [-0.4, -0.2) is 26.0 Å². The Hall–Kier alpha value is -3.60. The molecule has 2 bridgehead atoms. The molecule has 5 nitrogen and oxygen atoms in total. The Morgan fingerprint density at radius 2 is 1.65 bits per heavy atom. The van der Waals surface area contributed by atoms with Crippen LogP contribution in [0.1, 0.15) is 58.8 Å². The van der Waals surface area contributed by atoms with Crippen molar-refractivity contribution in [3.63, 3.8) is 0 Å². The molecular formula is C29H26O5. The van der Waals surface area contributed by atoms with E-state index < -0.39 is 22.3 Å². The van der Waals surface area contributed by atoms with Crippen molar-refractivity contribution in [2.75, 3.05) is 14.2 Å². The number of benzene rings is 3. The Balaban J connectivity index is 1.88. The zero-order valence-electron chi connectivity index (χ0n) is 19.7. The highest BCUT2D eigenvalue weighted by Gasteiger charge is 2.81. The maximum Gasteiger partial charge on any atom is 0.315 e. The summed E-state index contributed by atoms with van der Waals surface area (Å²) in [6.07, 6.45) is 0.482. The summed E-state index contributed by atoms with van der Waals surface area (Å²) in [6, 6.07) is 21.4. The van der Waals surface area contributed by atoms with Crippen LogP contribution in [0.4, 0.5) is 0 Å². The van der Waals surface area contributed by atoms with Gasteiger partial charge in [-0.15, -0.1) is 0 Å². The molecule has 2 aliphatic carbocycles. The quantitative estimate of drug-likeness (QED) is 0.510. The van der Waals surface area contributed by atoms with Gasteiger partial charge in [-0.05, 0) is 30.5 Å². The summed E-state index contributed by atoms with van der Waals surface area (Å²) in [5, 5.41) is 0. The van der Waals surface area contributed by atoms with E-state index in [-0.39, 0.29) is 11.8 Å². The summed E-state index contributed by atoms with van der Waals surface area (Å²) in [5.41, 5.74) is 0.791. The molecule has 0 aromatic heterocycles. The Kier molecular flexibility index (Phi) is 4.14. The van der Waals surface area contributed by atoms with Gasteiger partial charge in [0.2, 0.25) is 0 Å². The number of hydrogen-bond acceptors (Lipinski definition) is 5. The molecular weight excluding hydrogens is 428 g/mol. The summed E-state index contributed by atoms with van der Waals surface area (Å²) in [5.74, 6) is 0.0382. The second kappa shape index (κ2) is 6.72. The van der Waals surface area contributed by atoms with Crippen molar-refractivity contribution in [1.29, 1.82) is 0 Å². The average molecular weight is 455 g/mol. The van der Waals surface area contributed by atoms with Crippen LogP contribution in [0.25, 0.3) is 0 Å². The molecule has 5 heteroatoms. The van der Waals surface area contributed by atoms with E-state index in [1.165, 1.54) is 0 Å². The first-order valence-corrected chi connectivity index (χ1v) is 11.6. The fraction of sp³-hybridized carbons (Fsp3) is 0.310. The highest BCUT2D eigenvalue weighted by molar-refractivity contribution is 6.13. The van der Waals surface area contributed by atoms with Crippen LogP contribution in [0.2, 0.25) is 0 Å². The molecule has 2 heterocycles. The molecule has 0 unspecified atom stereocenters. The minimum atomic E-state index is -1.16. The molecule has 0 radical (unpaired) electrons. The number of hydrogen-bond donors (Lipinski definition) is 0. The molecule has 0 spiro atoms. The van der Waals surface area contributed by atoms with E-state index in [4.69, 9.17) is 14.2 Å². The fourth-order valence-corrected chi connectivity index (χ4v) is 7.45. The molecule has 7 rings (SSSR count). The lowest BCUT2D eigenvalue weighted by Crippen LogP contribution is -2.70. The second-order valence-corrected chi connectivity index (χ2v) is 9.49. The predicted octanol–water partition coefficient (Wildman–Crippen LogP) is 5.15. The monoisotopic (exact) mass is 454 g/mol. The van der Waals surface area contributed by atoms with Crippen molar-refractivity contribution >= 4 is 11.8 Å². The van der Waals surface area contributed by atoms with Gasteiger partial charge in [0.05, 0.1) is 31.0 Å². The summed E-state index contributed by atoms with van der Waals surface area (Å²) in [7, 11) is 3.17. The fourth-order valence-electron chi connectivity index (χ4n) is 7.45. The van der Waals surface area contributed by atoms with E-state index in [1.54, 1.807) is 20.3 Å². The molecule has 0 N–H and O–H groups in total. The third-order valence-corrected chi connectivity index (χ3v) is 8.56. The molecule has 3 aromatic carbocycles. The topological polar surface area (TPSA) is 61.8 Å². The van der Waals surface area contributed by atoms with E-state index in [0.717, 1.165) is 22.3 Å². The number of Topliss-reactive ketones (excluding diaryl/α,β-unsaturated/α-hetero) is 1. The van der Waals surface area contributed by atoms with Crippen molar-refractivity contribution < 1.29 is 23.8 Å². The molecule has 172 valence electrons. The second-order valence-electron chi connectivity index (χ2n) is 9.49. The van der Waals surface area contributed by atoms with E-state index in [2.05, 4.69) is 0 Å². The van der Waals surface area contributed by atoms with Gasteiger partial charge in [-0.2, -0.15) is 0 Å². The first kappa shape index (κ1) is 21.0. The average Bonchev–Trinajstić information content (AvgIpc) is 3.11. The zero-order chi connectivity index (χ0) is 23.9. The highest BCUT2D eigenvalue weighted by atomic mass is 16.6. The summed E-state index contributed by atoms with van der Waals surface area (Å²) in [6.45, 7) is 3.93. The van der Waals surface area contributed by atoms with E-state index in [0.29, 0.717) is 23.5 Å². The van der Waals surface area contributed by atoms with Gasteiger partial charge >= 0.3 is 5.97 Å². The largest absolute Gasteiger partial charge is 0.497 e. The van der Waals surface area contributed by atoms with Crippen LogP contribution in [0.5, 0.6) is 11.5 Å². The predicted molar refractivity (Wildman–Crippen MR) is 126 cm³/mol. The number of ketones is 1. The van der Waals surface area contributed by atoms with Crippen LogP contribution < -0.4 is 9.47 Å². The summed E-state index contributed by atoms with van der Waals surface area (Å²) < 4.78 is 17.7. The van der Waals surface area contributed by atoms with Gasteiger partial charge in [-0.25, -0.2) is 0 Å². The molecule has 4 aliphatic rings. The number of esters is 1. The number of carbonyl (C=O) groups excluding carboxylic acids is 2. The van der Waals surface area contributed by atoms with Crippen LogP contribution >= 0.6 is 0 Å². The number of rotatable bonds is 4. The Labute approximate surface area is 198 Å². The van der Waals surface area contributed by atoms with E-state index in [9.17, 15) is 9.59 Å². The standard InChI is InChI=1S/C29H26O5/c1-5-28-25(30)20-15-18(32-3)16-22(33-4)23(20)29(28,17-11-7-6-8-12-17)24-19-13-9-10-14-21(19)27(28,2)34-26(24)31/h6-16,24H,5H2,1-4H3/t24-,27-,28-,29+/m0/s1. The number of methoxy groups -OCH3 is 2. The molecule has 34 heavy (non-hydrogen) atoms. The number of fused-ring (bicyclic) bond motifs is 2. The molecule has 0 amide bonds. The van der Waals surface area contributed by atoms with Crippen molar-refractivity contribution in [1.82, 2.24) is 0 Å². The van der Waals surface area contributed by atoms with Gasteiger partial charge in [-0.1, -0.05) is 61.5 Å². The van der Waals surface area contributed by atoms with Gasteiger partial charge in [0.25, 0.3) is 0 Å². The molecule has 1 saturated heterocycles. The molecule has 1 fully saturated rings. The minimum Gasteiger partial charge on any atom is -0.497 e. The lowest BCUT2D eigenvalue weighted by atomic mass is 9.41. The third-order valence-electron chi connectivity index (χ3n) is 8.56. The maximum absolute atomic E-state index is 14.7. The van der Waals surface area contributed by atoms with E-state index >= 15 is 0 Å². The van der Waals surface area contributed by atoms with Gasteiger partial charge in [0.15, 0.2) is 5.78 Å². The molecule has 2 aliphatic heterocycles. The highest BCUT2D eigenvalue weighted by Crippen LogP contribution is 2.77. The Bertz CT molecular complexity index is 1360. The lowest BCUT2D eigenvalue weighted by Gasteiger charge is -2.64. The molecule has 0 saturated carbocycles. The minimum absolute atomic E-state index is 0.0412. The lowest BCUT2D eigenvalue weighted by molar-refractivity contribution is -0.208. The first-order chi connectivity index (χ1) is 16.4.